The maximum atomic E-state index is 13.4. The van der Waals surface area contributed by atoms with Gasteiger partial charge in [0.25, 0.3) is 0 Å². The van der Waals surface area contributed by atoms with E-state index in [1.165, 1.54) is 5.56 Å². The zero-order valence-corrected chi connectivity index (χ0v) is 27.3. The predicted octanol–water partition coefficient (Wildman–Crippen LogP) is 6.00. The van der Waals surface area contributed by atoms with Crippen molar-refractivity contribution in [2.24, 2.45) is 13.0 Å². The summed E-state index contributed by atoms with van der Waals surface area (Å²) in [6, 6.07) is 7.97. The maximum absolute atomic E-state index is 13.4. The number of aromatic nitrogens is 6. The van der Waals surface area contributed by atoms with E-state index >= 15 is 0 Å². The first-order valence-electron chi connectivity index (χ1n) is 14.3. The first-order valence-corrected chi connectivity index (χ1v) is 17.7. The lowest BCUT2D eigenvalue weighted by molar-refractivity contribution is 0.0803. The lowest BCUT2D eigenvalue weighted by atomic mass is 9.83. The molecule has 1 aliphatic carbocycles. The molecular weight excluding hydrogens is 643 g/mol. The van der Waals surface area contributed by atoms with Crippen LogP contribution in [0.15, 0.2) is 59.7 Å². The molecule has 1 aliphatic heterocycles. The Hall–Kier alpha value is -3.86. The molecule has 44 heavy (non-hydrogen) atoms. The second-order valence-electron chi connectivity index (χ2n) is 11.8. The van der Waals surface area contributed by atoms with Crippen molar-refractivity contribution in [3.8, 4) is 16.9 Å². The topological polar surface area (TPSA) is 129 Å². The summed E-state index contributed by atoms with van der Waals surface area (Å²) in [5.74, 6) is 2.08. The molecule has 0 spiro atoms. The average Bonchev–Trinajstić information content (AvgIpc) is 3.61. The summed E-state index contributed by atoms with van der Waals surface area (Å²) in [5, 5.41) is 11.8. The highest BCUT2D eigenvalue weighted by Gasteiger charge is 2.57. The molecule has 0 amide bonds. The van der Waals surface area contributed by atoms with Gasteiger partial charge in [0, 0.05) is 49.4 Å². The van der Waals surface area contributed by atoms with Crippen LogP contribution in [0.4, 0.5) is 23.1 Å². The van der Waals surface area contributed by atoms with Gasteiger partial charge in [-0.05, 0) is 83.4 Å². The van der Waals surface area contributed by atoms with Gasteiger partial charge in [-0.1, -0.05) is 0 Å². The largest absolute Gasteiger partial charge is 0.495 e. The zero-order chi connectivity index (χ0) is 30.6. The van der Waals surface area contributed by atoms with Crippen LogP contribution in [0.2, 0.25) is 0 Å². The van der Waals surface area contributed by atoms with Gasteiger partial charge in [0.05, 0.1) is 46.6 Å². The first kappa shape index (κ1) is 28.9. The second kappa shape index (κ2) is 10.9. The molecule has 13 heteroatoms. The van der Waals surface area contributed by atoms with E-state index in [1.807, 2.05) is 36.3 Å². The van der Waals surface area contributed by atoms with E-state index in [4.69, 9.17) is 14.5 Å². The van der Waals surface area contributed by atoms with E-state index in [0.717, 1.165) is 42.9 Å². The smallest absolute Gasteiger partial charge is 0.229 e. The van der Waals surface area contributed by atoms with Gasteiger partial charge in [0.1, 0.15) is 24.2 Å². The Bertz CT molecular complexity index is 1960. The number of aryl methyl sites for hydroxylation is 1. The van der Waals surface area contributed by atoms with Gasteiger partial charge < -0.3 is 24.7 Å². The summed E-state index contributed by atoms with van der Waals surface area (Å²) < 4.78 is 27.6. The van der Waals surface area contributed by atoms with Crippen LogP contribution in [0.3, 0.4) is 0 Å². The molecule has 11 nitrogen and oxygen atoms in total. The van der Waals surface area contributed by atoms with Crippen molar-refractivity contribution < 1.29 is 14.0 Å². The van der Waals surface area contributed by atoms with Gasteiger partial charge in [-0.2, -0.15) is 10.1 Å². The van der Waals surface area contributed by atoms with Crippen molar-refractivity contribution in [1.82, 2.24) is 29.7 Å². The number of ether oxygens (including phenoxy) is 2. The fourth-order valence-electron chi connectivity index (χ4n) is 6.34. The van der Waals surface area contributed by atoms with Crippen molar-refractivity contribution in [3.63, 3.8) is 0 Å². The van der Waals surface area contributed by atoms with Crippen LogP contribution in [-0.2, 0) is 21.8 Å². The normalized spacial score (nSPS) is 19.4. The third-order valence-electron chi connectivity index (χ3n) is 8.53. The van der Waals surface area contributed by atoms with Gasteiger partial charge in [0.15, 0.2) is 0 Å². The fraction of sp³-hybridized carbons (Fsp3) is 0.323. The SMILES string of the molecule is COc1cc(C23CCOCC2C3)c(-c2cnn(C)c2)cc1Nc1ncc(Br)c(Nc2ccc3nccnc3c2P(C)(C)=O)n1. The Kier molecular flexibility index (Phi) is 7.18. The fourth-order valence-corrected chi connectivity index (χ4v) is 8.02. The minimum Gasteiger partial charge on any atom is -0.495 e. The number of nitrogens with one attached hydrogen (secondary N) is 2. The van der Waals surface area contributed by atoms with E-state index in [0.29, 0.717) is 49.9 Å². The van der Waals surface area contributed by atoms with Gasteiger partial charge in [-0.15, -0.1) is 0 Å². The van der Waals surface area contributed by atoms with Crippen LogP contribution in [0.25, 0.3) is 22.2 Å². The van der Waals surface area contributed by atoms with Crippen LogP contribution >= 0.6 is 23.1 Å². The molecule has 1 saturated heterocycles. The Labute approximate surface area is 263 Å². The Morgan fingerprint density at radius 1 is 1.11 bits per heavy atom. The van der Waals surface area contributed by atoms with E-state index in [9.17, 15) is 4.57 Å². The number of rotatable bonds is 8. The molecule has 2 aliphatic rings. The lowest BCUT2D eigenvalue weighted by Crippen LogP contribution is -2.22. The van der Waals surface area contributed by atoms with Crippen molar-refractivity contribution >= 4 is 62.6 Å². The van der Waals surface area contributed by atoms with Crippen LogP contribution in [0.1, 0.15) is 18.4 Å². The van der Waals surface area contributed by atoms with Crippen molar-refractivity contribution in [1.29, 1.82) is 0 Å². The van der Waals surface area contributed by atoms with Crippen molar-refractivity contribution in [2.75, 3.05) is 44.3 Å². The first-order chi connectivity index (χ1) is 21.2. The molecule has 2 unspecified atom stereocenters. The summed E-state index contributed by atoms with van der Waals surface area (Å²) in [7, 11) is 0.844. The Morgan fingerprint density at radius 3 is 2.70 bits per heavy atom. The summed E-state index contributed by atoms with van der Waals surface area (Å²) >= 11 is 3.58. The molecule has 2 N–H and O–H groups in total. The van der Waals surface area contributed by atoms with Gasteiger partial charge in [-0.25, -0.2) is 4.98 Å². The van der Waals surface area contributed by atoms with Crippen LogP contribution < -0.4 is 20.7 Å². The number of hydrogen-bond acceptors (Lipinski definition) is 10. The van der Waals surface area contributed by atoms with Crippen LogP contribution in [0, 0.1) is 5.92 Å². The van der Waals surface area contributed by atoms with Gasteiger partial charge >= 0.3 is 0 Å². The van der Waals surface area contributed by atoms with E-state index in [2.05, 4.69) is 58.7 Å². The van der Waals surface area contributed by atoms with E-state index in [-0.39, 0.29) is 5.41 Å². The highest BCUT2D eigenvalue weighted by atomic mass is 79.9. The predicted molar refractivity (Wildman–Crippen MR) is 175 cm³/mol. The maximum Gasteiger partial charge on any atom is 0.229 e. The zero-order valence-electron chi connectivity index (χ0n) is 24.8. The Balaban J connectivity index is 1.27. The number of hydrogen-bond donors (Lipinski definition) is 2. The molecule has 0 radical (unpaired) electrons. The van der Waals surface area contributed by atoms with Crippen molar-refractivity contribution in [2.45, 2.75) is 18.3 Å². The standard InChI is InChI=1S/C31H32BrN8O3P/c1-40-16-18(14-36-40)20-11-25(26(42-2)12-21(20)31-7-10-43-17-19(31)13-31)38-30-35-15-22(32)29(39-30)37-24-6-5-23-27(34-9-8-33-23)28(24)44(3,4)41/h5-6,8-9,11-12,14-16,19H,7,10,13,17H2,1-4H3,(H2,35,37,38,39). The molecule has 2 aromatic carbocycles. The number of nitrogens with zero attached hydrogens (tertiary/aromatic N) is 6. The molecule has 7 rings (SSSR count). The monoisotopic (exact) mass is 674 g/mol. The highest BCUT2D eigenvalue weighted by Crippen LogP contribution is 2.61. The van der Waals surface area contributed by atoms with Crippen LogP contribution in [-0.4, -0.2) is 63.4 Å². The molecule has 2 atom stereocenters. The third-order valence-corrected chi connectivity index (χ3v) is 10.6. The van der Waals surface area contributed by atoms with E-state index < -0.39 is 7.14 Å². The lowest BCUT2D eigenvalue weighted by Gasteiger charge is -2.26. The summed E-state index contributed by atoms with van der Waals surface area (Å²) in [4.78, 5) is 18.2. The van der Waals surface area contributed by atoms with Crippen LogP contribution in [0.5, 0.6) is 5.75 Å². The highest BCUT2D eigenvalue weighted by molar-refractivity contribution is 9.10. The number of fused-ring (bicyclic) bond motifs is 2. The molecular formula is C31H32BrN8O3P. The minimum absolute atomic E-state index is 0.0837. The second-order valence-corrected chi connectivity index (χ2v) is 15.8. The van der Waals surface area contributed by atoms with Gasteiger partial charge in [-0.3, -0.25) is 14.6 Å². The number of methoxy groups -OCH3 is 1. The molecule has 226 valence electrons. The number of anilines is 4. The summed E-state index contributed by atoms with van der Waals surface area (Å²) in [5.41, 5.74) is 6.14. The van der Waals surface area contributed by atoms with Gasteiger partial charge in [0.2, 0.25) is 5.95 Å². The summed E-state index contributed by atoms with van der Waals surface area (Å²) in [6.07, 6.45) is 10.9. The van der Waals surface area contributed by atoms with Crippen molar-refractivity contribution in [3.05, 3.63) is 65.3 Å². The summed E-state index contributed by atoms with van der Waals surface area (Å²) in [6.45, 7) is 4.99. The molecule has 4 heterocycles. The average molecular weight is 676 g/mol. The molecule has 2 fully saturated rings. The third kappa shape index (κ3) is 5.14. The molecule has 0 bridgehead atoms. The Morgan fingerprint density at radius 2 is 1.95 bits per heavy atom. The molecule has 5 aromatic rings. The molecule has 3 aromatic heterocycles. The number of benzene rings is 2. The number of halogens is 1. The quantitative estimate of drug-likeness (QED) is 0.189. The van der Waals surface area contributed by atoms with E-state index in [1.54, 1.807) is 39.0 Å². The minimum atomic E-state index is -2.75. The molecule has 1 saturated carbocycles.